The molecular weight excluding hydrogens is 424 g/mol. The Kier molecular flexibility index (Phi) is 6.28. The van der Waals surface area contributed by atoms with Crippen LogP contribution < -0.4 is 10.6 Å². The van der Waals surface area contributed by atoms with Crippen LogP contribution in [0.3, 0.4) is 0 Å². The Morgan fingerprint density at radius 1 is 0.429 bits per heavy atom. The van der Waals surface area contributed by atoms with Crippen LogP contribution in [0, 0.1) is 0 Å². The molecule has 0 saturated carbocycles. The molecule has 2 heterocycles. The van der Waals surface area contributed by atoms with Crippen molar-refractivity contribution in [3.05, 3.63) is 118 Å². The van der Waals surface area contributed by atoms with Crippen molar-refractivity contribution in [3.63, 3.8) is 0 Å². The van der Waals surface area contributed by atoms with Gasteiger partial charge >= 0.3 is 0 Å². The summed E-state index contributed by atoms with van der Waals surface area (Å²) in [5, 5.41) is 7.27. The third-order valence-corrected chi connectivity index (χ3v) is 7.75. The molecule has 4 aromatic rings. The van der Waals surface area contributed by atoms with Crippen molar-refractivity contribution in [2.24, 2.45) is 0 Å². The van der Waals surface area contributed by atoms with Gasteiger partial charge in [0, 0.05) is 35.6 Å². The lowest BCUT2D eigenvalue weighted by Gasteiger charge is -2.24. The van der Waals surface area contributed by atoms with Crippen LogP contribution in [-0.2, 0) is 25.7 Å². The summed E-state index contributed by atoms with van der Waals surface area (Å²) in [6.07, 6.45) is 11.0. The molecule has 0 spiro atoms. The first-order chi connectivity index (χ1) is 17.3. The van der Waals surface area contributed by atoms with Crippen LogP contribution in [0.1, 0.15) is 65.5 Å². The number of para-hydroxylation sites is 2. The predicted molar refractivity (Wildman–Crippen MR) is 148 cm³/mol. The maximum absolute atomic E-state index is 3.64. The summed E-state index contributed by atoms with van der Waals surface area (Å²) in [6.45, 7) is 0. The summed E-state index contributed by atoms with van der Waals surface area (Å²) in [5.41, 5.74) is 14.0. The summed E-state index contributed by atoms with van der Waals surface area (Å²) in [6, 6.07) is 30.9. The summed E-state index contributed by atoms with van der Waals surface area (Å²) in [5.74, 6) is 0. The quantitative estimate of drug-likeness (QED) is 0.223. The largest absolute Gasteiger partial charge is 0.355 e. The molecule has 0 atom stereocenters. The van der Waals surface area contributed by atoms with Crippen molar-refractivity contribution in [3.8, 4) is 0 Å². The molecule has 176 valence electrons. The molecular formula is C33H34N2. The number of unbranched alkanes of at least 4 members (excludes halogenated alkanes) is 4. The number of hydrogen-bond acceptors (Lipinski definition) is 2. The SMILES string of the molecule is c1ccc2c(c1)Cc1c(CCCCCCCc3cccc4c3Cc3ccccc3N4)cccc1N2. The fourth-order valence-corrected chi connectivity index (χ4v) is 5.81. The first-order valence-corrected chi connectivity index (χ1v) is 13.3. The van der Waals surface area contributed by atoms with Gasteiger partial charge in [-0.15, -0.1) is 0 Å². The van der Waals surface area contributed by atoms with Crippen LogP contribution in [0.5, 0.6) is 0 Å². The molecule has 2 N–H and O–H groups in total. The lowest BCUT2D eigenvalue weighted by Crippen LogP contribution is -2.09. The molecule has 2 nitrogen and oxygen atoms in total. The molecule has 2 aliphatic rings. The Balaban J connectivity index is 0.978. The number of hydrogen-bond donors (Lipinski definition) is 2. The molecule has 4 aromatic carbocycles. The minimum atomic E-state index is 1.05. The molecule has 2 heteroatoms. The Labute approximate surface area is 209 Å². The summed E-state index contributed by atoms with van der Waals surface area (Å²) >= 11 is 0. The molecule has 0 aromatic heterocycles. The highest BCUT2D eigenvalue weighted by atomic mass is 14.9. The topological polar surface area (TPSA) is 24.1 Å². The highest BCUT2D eigenvalue weighted by Gasteiger charge is 2.18. The third kappa shape index (κ3) is 4.71. The van der Waals surface area contributed by atoms with Gasteiger partial charge < -0.3 is 10.6 Å². The zero-order valence-corrected chi connectivity index (χ0v) is 20.4. The molecule has 2 aliphatic heterocycles. The van der Waals surface area contributed by atoms with Crippen molar-refractivity contribution in [2.75, 3.05) is 10.6 Å². The molecule has 0 aliphatic carbocycles. The second-order valence-electron chi connectivity index (χ2n) is 10.1. The number of nitrogens with one attached hydrogen (secondary N) is 2. The van der Waals surface area contributed by atoms with E-state index in [4.69, 9.17) is 0 Å². The van der Waals surface area contributed by atoms with E-state index in [-0.39, 0.29) is 0 Å². The summed E-state index contributed by atoms with van der Waals surface area (Å²) < 4.78 is 0. The van der Waals surface area contributed by atoms with E-state index < -0.39 is 0 Å². The van der Waals surface area contributed by atoms with Crippen LogP contribution >= 0.6 is 0 Å². The van der Waals surface area contributed by atoms with Gasteiger partial charge in [-0.25, -0.2) is 0 Å². The normalized spacial score (nSPS) is 13.0. The van der Waals surface area contributed by atoms with Gasteiger partial charge in [-0.3, -0.25) is 0 Å². The maximum atomic E-state index is 3.64. The molecule has 0 amide bonds. The Morgan fingerprint density at radius 2 is 0.857 bits per heavy atom. The van der Waals surface area contributed by atoms with E-state index >= 15 is 0 Å². The van der Waals surface area contributed by atoms with E-state index in [9.17, 15) is 0 Å². The van der Waals surface area contributed by atoms with Crippen LogP contribution in [0.25, 0.3) is 0 Å². The molecule has 0 radical (unpaired) electrons. The predicted octanol–water partition coefficient (Wildman–Crippen LogP) is 8.72. The first kappa shape index (κ1) is 22.0. The van der Waals surface area contributed by atoms with Crippen molar-refractivity contribution < 1.29 is 0 Å². The molecule has 6 rings (SSSR count). The van der Waals surface area contributed by atoms with E-state index in [1.54, 1.807) is 0 Å². The molecule has 0 bridgehead atoms. The van der Waals surface area contributed by atoms with Crippen molar-refractivity contribution in [1.29, 1.82) is 0 Å². The maximum Gasteiger partial charge on any atom is 0.0423 e. The van der Waals surface area contributed by atoms with E-state index in [0.717, 1.165) is 12.8 Å². The number of anilines is 4. The summed E-state index contributed by atoms with van der Waals surface area (Å²) in [7, 11) is 0. The highest BCUT2D eigenvalue weighted by molar-refractivity contribution is 5.73. The number of fused-ring (bicyclic) bond motifs is 4. The van der Waals surface area contributed by atoms with Gasteiger partial charge in [-0.1, -0.05) is 79.9 Å². The number of aryl methyl sites for hydroxylation is 2. The van der Waals surface area contributed by atoms with Gasteiger partial charge in [0.05, 0.1) is 0 Å². The molecule has 0 unspecified atom stereocenters. The average Bonchev–Trinajstić information content (AvgIpc) is 2.90. The number of rotatable bonds is 8. The first-order valence-electron chi connectivity index (χ1n) is 13.3. The second kappa shape index (κ2) is 10.00. The van der Waals surface area contributed by atoms with Crippen LogP contribution in [-0.4, -0.2) is 0 Å². The van der Waals surface area contributed by atoms with Crippen molar-refractivity contribution in [1.82, 2.24) is 0 Å². The van der Waals surface area contributed by atoms with Crippen LogP contribution in [0.15, 0.2) is 84.9 Å². The van der Waals surface area contributed by atoms with Gasteiger partial charge in [-0.05, 0) is 83.3 Å². The smallest absolute Gasteiger partial charge is 0.0423 e. The molecule has 35 heavy (non-hydrogen) atoms. The lowest BCUT2D eigenvalue weighted by molar-refractivity contribution is 0.612. The molecule has 0 fully saturated rings. The van der Waals surface area contributed by atoms with E-state index in [0.29, 0.717) is 0 Å². The minimum absolute atomic E-state index is 1.05. The van der Waals surface area contributed by atoms with Gasteiger partial charge in [0.2, 0.25) is 0 Å². The lowest BCUT2D eigenvalue weighted by atomic mass is 9.90. The van der Waals surface area contributed by atoms with Crippen LogP contribution in [0.4, 0.5) is 22.7 Å². The van der Waals surface area contributed by atoms with Crippen LogP contribution in [0.2, 0.25) is 0 Å². The van der Waals surface area contributed by atoms with E-state index in [1.807, 2.05) is 0 Å². The zero-order chi connectivity index (χ0) is 23.5. The van der Waals surface area contributed by atoms with Crippen molar-refractivity contribution >= 4 is 22.7 Å². The standard InChI is InChI=1S/C33H34N2/c1(2-4-12-24-16-10-20-32-28(24)22-26-14-6-8-18-30(26)34-32)3-5-13-25-17-11-21-33-29(25)23-27-15-7-9-19-31(27)35-33/h6-11,14-21,34-35H,1-5,12-13,22-23H2. The fourth-order valence-electron chi connectivity index (χ4n) is 5.81. The average molecular weight is 459 g/mol. The Bertz CT molecular complexity index is 1230. The molecule has 0 saturated heterocycles. The second-order valence-corrected chi connectivity index (χ2v) is 10.1. The third-order valence-electron chi connectivity index (χ3n) is 7.75. The monoisotopic (exact) mass is 458 g/mol. The highest BCUT2D eigenvalue weighted by Crippen LogP contribution is 2.36. The van der Waals surface area contributed by atoms with Gasteiger partial charge in [-0.2, -0.15) is 0 Å². The van der Waals surface area contributed by atoms with Gasteiger partial charge in [0.1, 0.15) is 0 Å². The Hall–Kier alpha value is -3.52. The minimum Gasteiger partial charge on any atom is -0.355 e. The van der Waals surface area contributed by atoms with E-state index in [1.165, 1.54) is 101 Å². The summed E-state index contributed by atoms with van der Waals surface area (Å²) in [4.78, 5) is 0. The Morgan fingerprint density at radius 3 is 1.37 bits per heavy atom. The zero-order valence-electron chi connectivity index (χ0n) is 20.4. The van der Waals surface area contributed by atoms with Gasteiger partial charge in [0.15, 0.2) is 0 Å². The van der Waals surface area contributed by atoms with Gasteiger partial charge in [0.25, 0.3) is 0 Å². The number of benzene rings is 4. The van der Waals surface area contributed by atoms with Crippen molar-refractivity contribution in [2.45, 2.75) is 57.8 Å². The van der Waals surface area contributed by atoms with E-state index in [2.05, 4.69) is 95.6 Å². The fraction of sp³-hybridized carbons (Fsp3) is 0.273.